The molecule has 168 valence electrons. The summed E-state index contributed by atoms with van der Waals surface area (Å²) in [6, 6.07) is 5.77. The molecule has 0 amide bonds. The molecule has 0 bridgehead atoms. The highest BCUT2D eigenvalue weighted by atomic mass is 127. The standard InChI is InChI=1S/C20H27N7O2S.HI/c1-5-29-19(28)17-13(2)23-18(30-17)14(3)24-20(21-4)22-11-8-10-16-26-25-15-9-6-7-12-27(15)16;/h6-7,9,12,14H,5,8,10-11H2,1-4H3,(H2,21,22,24);1H. The first-order valence-corrected chi connectivity index (χ1v) is 10.7. The Balaban J connectivity index is 0.00000341. The number of hydrogen-bond acceptors (Lipinski definition) is 7. The molecular formula is C20H28IN7O2S. The van der Waals surface area contributed by atoms with E-state index in [1.54, 1.807) is 14.0 Å². The van der Waals surface area contributed by atoms with Gasteiger partial charge in [0, 0.05) is 26.2 Å². The van der Waals surface area contributed by atoms with Gasteiger partial charge < -0.3 is 15.4 Å². The van der Waals surface area contributed by atoms with Gasteiger partial charge in [-0.2, -0.15) is 0 Å². The Kier molecular flexibility index (Phi) is 9.62. The molecule has 0 saturated heterocycles. The van der Waals surface area contributed by atoms with Crippen LogP contribution in [0.25, 0.3) is 5.65 Å². The first-order valence-electron chi connectivity index (χ1n) is 9.93. The number of aromatic nitrogens is 4. The summed E-state index contributed by atoms with van der Waals surface area (Å²) in [5.74, 6) is 1.29. The Labute approximate surface area is 202 Å². The summed E-state index contributed by atoms with van der Waals surface area (Å²) in [7, 11) is 1.73. The predicted octanol–water partition coefficient (Wildman–Crippen LogP) is 3.15. The van der Waals surface area contributed by atoms with Crippen molar-refractivity contribution in [3.8, 4) is 0 Å². The van der Waals surface area contributed by atoms with E-state index < -0.39 is 0 Å². The van der Waals surface area contributed by atoms with E-state index >= 15 is 0 Å². The first-order chi connectivity index (χ1) is 14.5. The maximum Gasteiger partial charge on any atom is 0.350 e. The molecule has 0 radical (unpaired) electrons. The van der Waals surface area contributed by atoms with Crippen LogP contribution in [0.2, 0.25) is 0 Å². The van der Waals surface area contributed by atoms with Crippen molar-refractivity contribution in [2.45, 2.75) is 39.7 Å². The summed E-state index contributed by atoms with van der Waals surface area (Å²) in [4.78, 5) is 21.4. The Morgan fingerprint density at radius 1 is 1.35 bits per heavy atom. The van der Waals surface area contributed by atoms with Crippen molar-refractivity contribution in [3.63, 3.8) is 0 Å². The van der Waals surface area contributed by atoms with Gasteiger partial charge >= 0.3 is 5.97 Å². The maximum atomic E-state index is 12.0. The molecule has 31 heavy (non-hydrogen) atoms. The number of nitrogens with zero attached hydrogens (tertiary/aromatic N) is 5. The molecule has 0 fully saturated rings. The molecule has 0 aliphatic heterocycles. The lowest BCUT2D eigenvalue weighted by atomic mass is 10.3. The second-order valence-corrected chi connectivity index (χ2v) is 7.73. The highest BCUT2D eigenvalue weighted by Gasteiger charge is 2.20. The largest absolute Gasteiger partial charge is 0.462 e. The molecule has 9 nitrogen and oxygen atoms in total. The van der Waals surface area contributed by atoms with Crippen LogP contribution in [0.3, 0.4) is 0 Å². The van der Waals surface area contributed by atoms with Crippen molar-refractivity contribution < 1.29 is 9.53 Å². The molecule has 1 atom stereocenters. The van der Waals surface area contributed by atoms with E-state index in [0.717, 1.165) is 35.9 Å². The molecule has 3 aromatic rings. The molecule has 3 aromatic heterocycles. The quantitative estimate of drug-likeness (QED) is 0.144. The van der Waals surface area contributed by atoms with E-state index in [1.807, 2.05) is 42.6 Å². The lowest BCUT2D eigenvalue weighted by Crippen LogP contribution is -2.39. The van der Waals surface area contributed by atoms with E-state index in [1.165, 1.54) is 11.3 Å². The van der Waals surface area contributed by atoms with Gasteiger partial charge in [0.25, 0.3) is 0 Å². The molecule has 11 heteroatoms. The fraction of sp³-hybridized carbons (Fsp3) is 0.450. The topological polar surface area (TPSA) is 106 Å². The van der Waals surface area contributed by atoms with Crippen molar-refractivity contribution in [1.82, 2.24) is 30.2 Å². The molecule has 0 aliphatic rings. The van der Waals surface area contributed by atoms with Gasteiger partial charge in [0.15, 0.2) is 11.6 Å². The average molecular weight is 557 g/mol. The zero-order valence-corrected chi connectivity index (χ0v) is 21.2. The number of nitrogens with one attached hydrogen (secondary N) is 2. The number of ether oxygens (including phenoxy) is 1. The number of pyridine rings is 1. The molecule has 0 saturated carbocycles. The van der Waals surface area contributed by atoms with Crippen LogP contribution in [-0.4, -0.2) is 51.7 Å². The van der Waals surface area contributed by atoms with E-state index in [-0.39, 0.29) is 36.0 Å². The van der Waals surface area contributed by atoms with Crippen LogP contribution < -0.4 is 10.6 Å². The number of carbonyl (C=O) groups is 1. The van der Waals surface area contributed by atoms with Crippen LogP contribution in [0.4, 0.5) is 0 Å². The summed E-state index contributed by atoms with van der Waals surface area (Å²) < 4.78 is 7.09. The number of carbonyl (C=O) groups excluding carboxylic acids is 1. The fourth-order valence-corrected chi connectivity index (χ4v) is 3.93. The normalized spacial score (nSPS) is 12.3. The van der Waals surface area contributed by atoms with Crippen molar-refractivity contribution in [2.75, 3.05) is 20.2 Å². The Bertz CT molecular complexity index is 1030. The van der Waals surface area contributed by atoms with Gasteiger partial charge in [-0.25, -0.2) is 9.78 Å². The lowest BCUT2D eigenvalue weighted by molar-refractivity contribution is 0.0531. The Hall–Kier alpha value is -2.28. The van der Waals surface area contributed by atoms with Crippen molar-refractivity contribution in [2.24, 2.45) is 4.99 Å². The number of esters is 1. The summed E-state index contributed by atoms with van der Waals surface area (Å²) in [6.45, 7) is 6.68. The first kappa shape index (κ1) is 25.0. The van der Waals surface area contributed by atoms with Gasteiger partial charge in [-0.05, 0) is 39.3 Å². The molecule has 1 unspecified atom stereocenters. The lowest BCUT2D eigenvalue weighted by Gasteiger charge is -2.16. The summed E-state index contributed by atoms with van der Waals surface area (Å²) >= 11 is 1.35. The average Bonchev–Trinajstić information content (AvgIpc) is 3.34. The third kappa shape index (κ3) is 6.35. The number of fused-ring (bicyclic) bond motifs is 1. The number of guanidine groups is 1. The predicted molar refractivity (Wildman–Crippen MR) is 132 cm³/mol. The van der Waals surface area contributed by atoms with Crippen LogP contribution in [-0.2, 0) is 11.2 Å². The molecule has 3 heterocycles. The highest BCUT2D eigenvalue weighted by Crippen LogP contribution is 2.24. The number of aliphatic imine (C=N–C) groups is 1. The minimum Gasteiger partial charge on any atom is -0.462 e. The van der Waals surface area contributed by atoms with Gasteiger partial charge in [-0.15, -0.1) is 45.5 Å². The van der Waals surface area contributed by atoms with Crippen LogP contribution in [0.1, 0.15) is 52.5 Å². The van der Waals surface area contributed by atoms with Gasteiger partial charge in [-0.1, -0.05) is 6.07 Å². The molecular weight excluding hydrogens is 529 g/mol. The van der Waals surface area contributed by atoms with Gasteiger partial charge in [0.2, 0.25) is 0 Å². The van der Waals surface area contributed by atoms with E-state index in [0.29, 0.717) is 23.1 Å². The minimum absolute atomic E-state index is 0. The molecule has 3 rings (SSSR count). The molecule has 2 N–H and O–H groups in total. The van der Waals surface area contributed by atoms with Gasteiger partial charge in [-0.3, -0.25) is 9.39 Å². The number of halogens is 1. The number of hydrogen-bond donors (Lipinski definition) is 2. The van der Waals surface area contributed by atoms with Crippen LogP contribution in [0, 0.1) is 6.92 Å². The van der Waals surface area contributed by atoms with Crippen molar-refractivity contribution >= 4 is 52.9 Å². The summed E-state index contributed by atoms with van der Waals surface area (Å²) in [5.41, 5.74) is 1.54. The van der Waals surface area contributed by atoms with E-state index in [9.17, 15) is 4.79 Å². The van der Waals surface area contributed by atoms with Crippen LogP contribution in [0.5, 0.6) is 0 Å². The monoisotopic (exact) mass is 557 g/mol. The highest BCUT2D eigenvalue weighted by molar-refractivity contribution is 14.0. The van der Waals surface area contributed by atoms with Crippen LogP contribution in [0.15, 0.2) is 29.4 Å². The van der Waals surface area contributed by atoms with Gasteiger partial charge in [0.1, 0.15) is 15.7 Å². The minimum atomic E-state index is -0.325. The van der Waals surface area contributed by atoms with Crippen molar-refractivity contribution in [3.05, 3.63) is 45.8 Å². The van der Waals surface area contributed by atoms with E-state index in [4.69, 9.17) is 4.74 Å². The molecule has 0 spiro atoms. The van der Waals surface area contributed by atoms with Gasteiger partial charge in [0.05, 0.1) is 18.3 Å². The number of rotatable bonds is 8. The number of aryl methyl sites for hydroxylation is 2. The summed E-state index contributed by atoms with van der Waals surface area (Å²) in [5, 5.41) is 15.9. The Morgan fingerprint density at radius 2 is 2.16 bits per heavy atom. The Morgan fingerprint density at radius 3 is 2.90 bits per heavy atom. The zero-order chi connectivity index (χ0) is 21.5. The third-order valence-electron chi connectivity index (χ3n) is 4.48. The second-order valence-electron chi connectivity index (χ2n) is 6.70. The van der Waals surface area contributed by atoms with E-state index in [2.05, 4.69) is 30.8 Å². The molecule has 0 aromatic carbocycles. The molecule has 0 aliphatic carbocycles. The SMILES string of the molecule is CCOC(=O)c1sc(C(C)NC(=NC)NCCCc2nnc3ccccn23)nc1C.I. The summed E-state index contributed by atoms with van der Waals surface area (Å²) in [6.07, 6.45) is 3.66. The zero-order valence-electron chi connectivity index (χ0n) is 18.1. The number of thiazole rings is 1. The van der Waals surface area contributed by atoms with Crippen molar-refractivity contribution in [1.29, 1.82) is 0 Å². The smallest absolute Gasteiger partial charge is 0.350 e. The van der Waals surface area contributed by atoms with Crippen LogP contribution >= 0.6 is 35.3 Å². The second kappa shape index (κ2) is 11.9. The fourth-order valence-electron chi connectivity index (χ4n) is 2.96. The maximum absolute atomic E-state index is 12.0. The third-order valence-corrected chi connectivity index (χ3v) is 5.80.